The van der Waals surface area contributed by atoms with Gasteiger partial charge in [-0.05, 0) is 24.8 Å². The van der Waals surface area contributed by atoms with E-state index in [1.54, 1.807) is 0 Å². The summed E-state index contributed by atoms with van der Waals surface area (Å²) in [5, 5.41) is 9.27. The summed E-state index contributed by atoms with van der Waals surface area (Å²) in [6.45, 7) is 4.78. The molecule has 0 atom stereocenters. The Morgan fingerprint density at radius 3 is 2.65 bits per heavy atom. The van der Waals surface area contributed by atoms with Crippen molar-refractivity contribution in [2.75, 3.05) is 43.4 Å². The SMILES string of the molecule is Nc1cnc(N2CCN(CC3CC3)CC2)c(C(=O)O)c1. The molecule has 2 heterocycles. The van der Waals surface area contributed by atoms with Crippen LogP contribution in [0.2, 0.25) is 0 Å². The van der Waals surface area contributed by atoms with Crippen LogP contribution in [0.1, 0.15) is 23.2 Å². The van der Waals surface area contributed by atoms with Gasteiger partial charge in [-0.1, -0.05) is 0 Å². The van der Waals surface area contributed by atoms with Crippen molar-refractivity contribution < 1.29 is 9.90 Å². The number of hydrogen-bond acceptors (Lipinski definition) is 5. The highest BCUT2D eigenvalue weighted by atomic mass is 16.4. The third kappa shape index (κ3) is 2.85. The van der Waals surface area contributed by atoms with E-state index in [1.165, 1.54) is 31.6 Å². The van der Waals surface area contributed by atoms with Crippen molar-refractivity contribution in [1.82, 2.24) is 9.88 Å². The molecule has 0 amide bonds. The Morgan fingerprint density at radius 1 is 1.35 bits per heavy atom. The van der Waals surface area contributed by atoms with Crippen molar-refractivity contribution in [2.45, 2.75) is 12.8 Å². The van der Waals surface area contributed by atoms with Gasteiger partial charge < -0.3 is 15.7 Å². The fourth-order valence-electron chi connectivity index (χ4n) is 2.69. The van der Waals surface area contributed by atoms with Gasteiger partial charge in [0, 0.05) is 32.7 Å². The van der Waals surface area contributed by atoms with Crippen molar-refractivity contribution in [3.8, 4) is 0 Å². The first-order valence-corrected chi connectivity index (χ1v) is 7.09. The molecule has 108 valence electrons. The maximum atomic E-state index is 11.3. The summed E-state index contributed by atoms with van der Waals surface area (Å²) in [4.78, 5) is 20.0. The van der Waals surface area contributed by atoms with Gasteiger partial charge in [0.25, 0.3) is 0 Å². The molecular formula is C14H20N4O2. The first-order chi connectivity index (χ1) is 9.63. The maximum Gasteiger partial charge on any atom is 0.339 e. The number of hydrogen-bond donors (Lipinski definition) is 2. The molecule has 0 unspecified atom stereocenters. The molecule has 3 N–H and O–H groups in total. The zero-order valence-electron chi connectivity index (χ0n) is 11.5. The predicted octanol–water partition coefficient (Wildman–Crippen LogP) is 0.894. The van der Waals surface area contributed by atoms with Crippen LogP contribution < -0.4 is 10.6 Å². The first-order valence-electron chi connectivity index (χ1n) is 7.09. The fraction of sp³-hybridized carbons (Fsp3) is 0.571. The van der Waals surface area contributed by atoms with Crippen LogP contribution >= 0.6 is 0 Å². The van der Waals surface area contributed by atoms with E-state index < -0.39 is 5.97 Å². The Bertz CT molecular complexity index is 508. The predicted molar refractivity (Wildman–Crippen MR) is 77.0 cm³/mol. The second kappa shape index (κ2) is 5.28. The van der Waals surface area contributed by atoms with Gasteiger partial charge >= 0.3 is 5.97 Å². The van der Waals surface area contributed by atoms with E-state index in [0.29, 0.717) is 11.5 Å². The van der Waals surface area contributed by atoms with Crippen molar-refractivity contribution >= 4 is 17.5 Å². The topological polar surface area (TPSA) is 82.7 Å². The molecule has 0 radical (unpaired) electrons. The van der Waals surface area contributed by atoms with Gasteiger partial charge in [0.2, 0.25) is 0 Å². The molecule has 1 saturated heterocycles. The Labute approximate surface area is 118 Å². The highest BCUT2D eigenvalue weighted by molar-refractivity contribution is 5.94. The van der Waals surface area contributed by atoms with E-state index in [4.69, 9.17) is 5.73 Å². The number of rotatable bonds is 4. The number of nitrogens with zero attached hydrogens (tertiary/aromatic N) is 3. The van der Waals surface area contributed by atoms with E-state index in [-0.39, 0.29) is 5.56 Å². The number of pyridine rings is 1. The van der Waals surface area contributed by atoms with E-state index >= 15 is 0 Å². The van der Waals surface area contributed by atoms with Gasteiger partial charge in [0.1, 0.15) is 11.4 Å². The summed E-state index contributed by atoms with van der Waals surface area (Å²) in [6.07, 6.45) is 4.25. The number of carboxylic acids is 1. The normalized spacial score (nSPS) is 20.1. The smallest absolute Gasteiger partial charge is 0.339 e. The van der Waals surface area contributed by atoms with Crippen LogP contribution in [0.25, 0.3) is 0 Å². The Balaban J connectivity index is 1.69. The number of anilines is 2. The summed E-state index contributed by atoms with van der Waals surface area (Å²) < 4.78 is 0. The molecule has 1 aliphatic carbocycles. The van der Waals surface area contributed by atoms with Gasteiger partial charge in [0.05, 0.1) is 11.9 Å². The van der Waals surface area contributed by atoms with Gasteiger partial charge in [-0.15, -0.1) is 0 Å². The van der Waals surface area contributed by atoms with Gasteiger partial charge in [-0.3, -0.25) is 4.90 Å². The van der Waals surface area contributed by atoms with E-state index in [1.807, 2.05) is 4.90 Å². The number of carbonyl (C=O) groups is 1. The van der Waals surface area contributed by atoms with Crippen LogP contribution in [0.5, 0.6) is 0 Å². The van der Waals surface area contributed by atoms with Crippen LogP contribution in [0.4, 0.5) is 11.5 Å². The lowest BCUT2D eigenvalue weighted by molar-refractivity contribution is 0.0697. The molecule has 0 spiro atoms. The highest BCUT2D eigenvalue weighted by Gasteiger charge is 2.27. The second-order valence-electron chi connectivity index (χ2n) is 5.68. The zero-order chi connectivity index (χ0) is 14.1. The molecule has 3 rings (SSSR count). The number of aromatic carboxylic acids is 1. The molecule has 0 aromatic carbocycles. The quantitative estimate of drug-likeness (QED) is 0.850. The lowest BCUT2D eigenvalue weighted by Gasteiger charge is -2.36. The minimum absolute atomic E-state index is 0.195. The Hall–Kier alpha value is -1.82. The summed E-state index contributed by atoms with van der Waals surface area (Å²) in [5.41, 5.74) is 6.21. The van der Waals surface area contributed by atoms with Crippen LogP contribution in [-0.2, 0) is 0 Å². The molecule has 1 aliphatic heterocycles. The minimum Gasteiger partial charge on any atom is -0.478 e. The van der Waals surface area contributed by atoms with E-state index in [9.17, 15) is 9.90 Å². The second-order valence-corrected chi connectivity index (χ2v) is 5.68. The molecule has 1 saturated carbocycles. The molecule has 0 bridgehead atoms. The number of nitrogens with two attached hydrogens (primary N) is 1. The maximum absolute atomic E-state index is 11.3. The van der Waals surface area contributed by atoms with Gasteiger partial charge in [-0.25, -0.2) is 9.78 Å². The third-order valence-corrected chi connectivity index (χ3v) is 4.00. The molecule has 2 aliphatic rings. The molecule has 1 aromatic heterocycles. The summed E-state index contributed by atoms with van der Waals surface area (Å²) in [7, 11) is 0. The number of carboxylic acid groups (broad SMARTS) is 1. The average molecular weight is 276 g/mol. The van der Waals surface area contributed by atoms with Crippen LogP contribution in [0.15, 0.2) is 12.3 Å². The average Bonchev–Trinajstić information content (AvgIpc) is 3.24. The monoisotopic (exact) mass is 276 g/mol. The van der Waals surface area contributed by atoms with Crippen LogP contribution in [0.3, 0.4) is 0 Å². The zero-order valence-corrected chi connectivity index (χ0v) is 11.5. The third-order valence-electron chi connectivity index (χ3n) is 4.00. The van der Waals surface area contributed by atoms with Crippen LogP contribution in [0, 0.1) is 5.92 Å². The van der Waals surface area contributed by atoms with Crippen molar-refractivity contribution in [3.63, 3.8) is 0 Å². The number of piperazine rings is 1. The summed E-state index contributed by atoms with van der Waals surface area (Å²) in [5.74, 6) is 0.462. The summed E-state index contributed by atoms with van der Waals surface area (Å²) >= 11 is 0. The van der Waals surface area contributed by atoms with Crippen LogP contribution in [-0.4, -0.2) is 53.7 Å². The molecule has 6 nitrogen and oxygen atoms in total. The van der Waals surface area contributed by atoms with Gasteiger partial charge in [0.15, 0.2) is 0 Å². The molecule has 1 aromatic rings. The molecule has 6 heteroatoms. The standard InChI is InChI=1S/C14H20N4O2/c15-11-7-12(14(19)20)13(16-8-11)18-5-3-17(4-6-18)9-10-1-2-10/h7-8,10H,1-6,9,15H2,(H,19,20). The lowest BCUT2D eigenvalue weighted by Crippen LogP contribution is -2.47. The fourth-order valence-corrected chi connectivity index (χ4v) is 2.69. The van der Waals surface area contributed by atoms with Crippen molar-refractivity contribution in [2.24, 2.45) is 5.92 Å². The molecular weight excluding hydrogens is 256 g/mol. The molecule has 2 fully saturated rings. The van der Waals surface area contributed by atoms with Gasteiger partial charge in [-0.2, -0.15) is 0 Å². The Kier molecular flexibility index (Phi) is 3.48. The van der Waals surface area contributed by atoms with Crippen molar-refractivity contribution in [1.29, 1.82) is 0 Å². The summed E-state index contributed by atoms with van der Waals surface area (Å²) in [6, 6.07) is 1.49. The largest absolute Gasteiger partial charge is 0.478 e. The van der Waals surface area contributed by atoms with E-state index in [2.05, 4.69) is 9.88 Å². The lowest BCUT2D eigenvalue weighted by atomic mass is 10.2. The highest BCUT2D eigenvalue weighted by Crippen LogP contribution is 2.30. The minimum atomic E-state index is -0.972. The Morgan fingerprint density at radius 2 is 2.05 bits per heavy atom. The number of nitrogen functional groups attached to an aromatic ring is 1. The van der Waals surface area contributed by atoms with Crippen molar-refractivity contribution in [3.05, 3.63) is 17.8 Å². The molecule has 20 heavy (non-hydrogen) atoms. The van der Waals surface area contributed by atoms with E-state index in [0.717, 1.165) is 32.1 Å². The first kappa shape index (κ1) is 13.2. The number of aromatic nitrogens is 1.